The third-order valence-electron chi connectivity index (χ3n) is 4.43. The molecule has 0 spiro atoms. The molecule has 0 aromatic carbocycles. The molecule has 0 saturated carbocycles. The molecular weight excluding hydrogens is 324 g/mol. The number of hydrogen-bond acceptors (Lipinski definition) is 6. The van der Waals surface area contributed by atoms with Gasteiger partial charge in [0.2, 0.25) is 0 Å². The molecule has 1 heterocycles. The Morgan fingerprint density at radius 1 is 0.760 bits per heavy atom. The number of aliphatic hydroxyl groups is 1. The van der Waals surface area contributed by atoms with E-state index < -0.39 is 12.4 Å². The molecule has 1 fully saturated rings. The molecule has 1 rings (SSSR count). The summed E-state index contributed by atoms with van der Waals surface area (Å²) in [6, 6.07) is 0. The van der Waals surface area contributed by atoms with Crippen LogP contribution in [0.5, 0.6) is 0 Å². The number of hydrogen-bond donors (Lipinski definition) is 1. The molecule has 1 saturated heterocycles. The van der Waals surface area contributed by atoms with Gasteiger partial charge in [-0.1, -0.05) is 40.0 Å². The Morgan fingerprint density at radius 2 is 1.24 bits per heavy atom. The van der Waals surface area contributed by atoms with Gasteiger partial charge in [0.25, 0.3) is 0 Å². The molecule has 25 heavy (non-hydrogen) atoms. The Balaban J connectivity index is 2.87. The lowest BCUT2D eigenvalue weighted by molar-refractivity contribution is -0.316. The summed E-state index contributed by atoms with van der Waals surface area (Å²) >= 11 is 0. The maximum atomic E-state index is 9.76. The molecule has 6 heteroatoms. The first-order valence-corrected chi connectivity index (χ1v) is 9.87. The van der Waals surface area contributed by atoms with Gasteiger partial charge in [-0.15, -0.1) is 0 Å². The zero-order valence-corrected chi connectivity index (χ0v) is 16.4. The van der Waals surface area contributed by atoms with Crippen molar-refractivity contribution >= 4 is 0 Å². The lowest BCUT2D eigenvalue weighted by Crippen LogP contribution is -2.61. The van der Waals surface area contributed by atoms with E-state index in [1.165, 1.54) is 0 Å². The summed E-state index contributed by atoms with van der Waals surface area (Å²) in [7, 11) is 1.59. The van der Waals surface area contributed by atoms with Crippen LogP contribution in [0.1, 0.15) is 59.3 Å². The maximum Gasteiger partial charge on any atom is 0.186 e. The van der Waals surface area contributed by atoms with Crippen LogP contribution >= 0.6 is 0 Å². The molecule has 0 aromatic heterocycles. The van der Waals surface area contributed by atoms with E-state index in [4.69, 9.17) is 23.7 Å². The van der Waals surface area contributed by atoms with E-state index in [0.29, 0.717) is 19.8 Å². The molecule has 150 valence electrons. The van der Waals surface area contributed by atoms with Crippen molar-refractivity contribution in [1.29, 1.82) is 0 Å². The second kappa shape index (κ2) is 13.9. The summed E-state index contributed by atoms with van der Waals surface area (Å²) in [5, 5.41) is 9.76. The largest absolute Gasteiger partial charge is 0.394 e. The average Bonchev–Trinajstić information content (AvgIpc) is 2.63. The Hall–Kier alpha value is -0.240. The molecule has 1 aliphatic heterocycles. The van der Waals surface area contributed by atoms with E-state index in [1.807, 2.05) is 0 Å². The van der Waals surface area contributed by atoms with Gasteiger partial charge in [-0.2, -0.15) is 0 Å². The fourth-order valence-corrected chi connectivity index (χ4v) is 2.87. The molecule has 2 unspecified atom stereocenters. The summed E-state index contributed by atoms with van der Waals surface area (Å²) in [5.74, 6) is 0. The SMILES string of the molecule is CCCCOC1[C@H](OCCCC)C(CO)O[C@H](OC)[C@H]1OCCCC. The van der Waals surface area contributed by atoms with Crippen molar-refractivity contribution in [1.82, 2.24) is 0 Å². The van der Waals surface area contributed by atoms with Gasteiger partial charge in [0.05, 0.1) is 6.61 Å². The van der Waals surface area contributed by atoms with Gasteiger partial charge in [-0.25, -0.2) is 0 Å². The molecule has 0 radical (unpaired) electrons. The highest BCUT2D eigenvalue weighted by Crippen LogP contribution is 2.29. The predicted molar refractivity (Wildman–Crippen MR) is 96.7 cm³/mol. The smallest absolute Gasteiger partial charge is 0.186 e. The Kier molecular flexibility index (Phi) is 12.7. The van der Waals surface area contributed by atoms with Gasteiger partial charge in [-0.05, 0) is 19.3 Å². The van der Waals surface area contributed by atoms with Crippen LogP contribution in [0.25, 0.3) is 0 Å². The van der Waals surface area contributed by atoms with Crippen LogP contribution in [0.4, 0.5) is 0 Å². The monoisotopic (exact) mass is 362 g/mol. The first kappa shape index (κ1) is 22.8. The third kappa shape index (κ3) is 7.49. The Bertz CT molecular complexity index is 290. The maximum absolute atomic E-state index is 9.76. The van der Waals surface area contributed by atoms with E-state index in [9.17, 15) is 5.11 Å². The van der Waals surface area contributed by atoms with Crippen LogP contribution in [0.2, 0.25) is 0 Å². The minimum absolute atomic E-state index is 0.133. The molecule has 1 aliphatic rings. The van der Waals surface area contributed by atoms with Crippen molar-refractivity contribution in [3.05, 3.63) is 0 Å². The first-order valence-electron chi connectivity index (χ1n) is 9.87. The number of aliphatic hydroxyl groups excluding tert-OH is 1. The lowest BCUT2D eigenvalue weighted by Gasteiger charge is -2.45. The second-order valence-electron chi connectivity index (χ2n) is 6.53. The van der Waals surface area contributed by atoms with Crippen molar-refractivity contribution in [2.24, 2.45) is 0 Å². The van der Waals surface area contributed by atoms with E-state index in [0.717, 1.165) is 38.5 Å². The van der Waals surface area contributed by atoms with Gasteiger partial charge in [0.1, 0.15) is 24.4 Å². The number of unbranched alkanes of at least 4 members (excludes halogenated alkanes) is 3. The standard InChI is InChI=1S/C19H38O6/c1-5-8-11-22-16-15(14-20)25-19(21-4)18(24-13-10-7-3)17(16)23-12-9-6-2/h15-20H,5-14H2,1-4H3/t15?,16-,17?,18+,19+/m1/s1. The van der Waals surface area contributed by atoms with Gasteiger partial charge >= 0.3 is 0 Å². The lowest BCUT2D eigenvalue weighted by atomic mass is 9.98. The van der Waals surface area contributed by atoms with Crippen LogP contribution in [-0.2, 0) is 23.7 Å². The topological polar surface area (TPSA) is 66.4 Å². The molecule has 0 amide bonds. The van der Waals surface area contributed by atoms with E-state index in [1.54, 1.807) is 7.11 Å². The van der Waals surface area contributed by atoms with Crippen LogP contribution in [0, 0.1) is 0 Å². The van der Waals surface area contributed by atoms with E-state index in [-0.39, 0.29) is 24.9 Å². The number of ether oxygens (including phenoxy) is 5. The van der Waals surface area contributed by atoms with Crippen molar-refractivity contribution in [3.8, 4) is 0 Å². The predicted octanol–water partition coefficient (Wildman–Crippen LogP) is 2.91. The fraction of sp³-hybridized carbons (Fsp3) is 1.00. The first-order chi connectivity index (χ1) is 12.2. The van der Waals surface area contributed by atoms with Crippen molar-refractivity contribution in [2.45, 2.75) is 90.0 Å². The van der Waals surface area contributed by atoms with Crippen LogP contribution in [0.15, 0.2) is 0 Å². The molecule has 6 nitrogen and oxygen atoms in total. The van der Waals surface area contributed by atoms with Crippen molar-refractivity contribution < 1.29 is 28.8 Å². The Labute approximate surface area is 153 Å². The molecule has 0 bridgehead atoms. The van der Waals surface area contributed by atoms with E-state index >= 15 is 0 Å². The van der Waals surface area contributed by atoms with E-state index in [2.05, 4.69) is 20.8 Å². The third-order valence-corrected chi connectivity index (χ3v) is 4.43. The van der Waals surface area contributed by atoms with Gasteiger partial charge < -0.3 is 28.8 Å². The van der Waals surface area contributed by atoms with Gasteiger partial charge in [-0.3, -0.25) is 0 Å². The average molecular weight is 363 g/mol. The zero-order valence-electron chi connectivity index (χ0n) is 16.4. The fourth-order valence-electron chi connectivity index (χ4n) is 2.87. The van der Waals surface area contributed by atoms with Crippen molar-refractivity contribution in [3.63, 3.8) is 0 Å². The van der Waals surface area contributed by atoms with Gasteiger partial charge in [0, 0.05) is 26.9 Å². The quantitative estimate of drug-likeness (QED) is 0.479. The molecule has 5 atom stereocenters. The molecule has 0 aromatic rings. The summed E-state index contributed by atoms with van der Waals surface area (Å²) in [5.41, 5.74) is 0. The Morgan fingerprint density at radius 3 is 1.68 bits per heavy atom. The van der Waals surface area contributed by atoms with Crippen molar-refractivity contribution in [2.75, 3.05) is 33.5 Å². The molecule has 1 N–H and O–H groups in total. The molecule has 0 aliphatic carbocycles. The normalized spacial score (nSPS) is 29.9. The summed E-state index contributed by atoms with van der Waals surface area (Å²) in [4.78, 5) is 0. The summed E-state index contributed by atoms with van der Waals surface area (Å²) in [6.07, 6.45) is 4.02. The minimum Gasteiger partial charge on any atom is -0.394 e. The zero-order chi connectivity index (χ0) is 18.5. The highest BCUT2D eigenvalue weighted by atomic mass is 16.7. The second-order valence-corrected chi connectivity index (χ2v) is 6.53. The number of rotatable bonds is 14. The van der Waals surface area contributed by atoms with Crippen LogP contribution in [-0.4, -0.2) is 69.3 Å². The minimum atomic E-state index is -0.563. The summed E-state index contributed by atoms with van der Waals surface area (Å²) < 4.78 is 29.7. The van der Waals surface area contributed by atoms with Crippen LogP contribution in [0.3, 0.4) is 0 Å². The van der Waals surface area contributed by atoms with Crippen LogP contribution < -0.4 is 0 Å². The summed E-state index contributed by atoms with van der Waals surface area (Å²) in [6.45, 7) is 8.13. The highest BCUT2D eigenvalue weighted by Gasteiger charge is 2.48. The molecular formula is C19H38O6. The van der Waals surface area contributed by atoms with Gasteiger partial charge in [0.15, 0.2) is 6.29 Å². The number of methoxy groups -OCH3 is 1. The highest BCUT2D eigenvalue weighted by molar-refractivity contribution is 4.92.